The number of carbonyl (C=O) groups excluding carboxylic acids is 2. The molecule has 0 aromatic rings. The van der Waals surface area contributed by atoms with Crippen molar-refractivity contribution in [2.75, 3.05) is 6.54 Å². The number of hydrogen-bond acceptors (Lipinski definition) is 4. The van der Waals surface area contributed by atoms with Gasteiger partial charge >= 0.3 is 11.9 Å². The molecule has 0 bridgehead atoms. The highest BCUT2D eigenvalue weighted by Crippen LogP contribution is 2.19. The van der Waals surface area contributed by atoms with Crippen LogP contribution in [-0.4, -0.2) is 35.6 Å². The predicted octanol–water partition coefficient (Wildman–Crippen LogP) is 11.6. The van der Waals surface area contributed by atoms with Crippen LogP contribution in [0.1, 0.15) is 200 Å². The van der Waals surface area contributed by atoms with Gasteiger partial charge in [0.25, 0.3) is 0 Å². The summed E-state index contributed by atoms with van der Waals surface area (Å²) in [5.74, 6) is -1.24. The van der Waals surface area contributed by atoms with Crippen molar-refractivity contribution in [3.8, 4) is 0 Å². The SMILES string of the molecule is CCCC/C=C\C/C=C\CCCCCCCC(=O)OC(CCCCCCCCCCCC)CCCCCCCC(=O)NCC(=O)O. The zero-order valence-corrected chi connectivity index (χ0v) is 30.2. The molecular weight excluding hydrogens is 574 g/mol. The second kappa shape index (κ2) is 35.7. The molecule has 1 amide bonds. The lowest BCUT2D eigenvalue weighted by Crippen LogP contribution is -2.28. The van der Waals surface area contributed by atoms with Crippen molar-refractivity contribution in [2.24, 2.45) is 0 Å². The lowest BCUT2D eigenvalue weighted by atomic mass is 10.0. The number of unbranched alkanes of at least 4 members (excludes halogenated alkanes) is 20. The molecule has 1 atom stereocenters. The Morgan fingerprint density at radius 2 is 1.02 bits per heavy atom. The van der Waals surface area contributed by atoms with Gasteiger partial charge in [-0.3, -0.25) is 14.4 Å². The summed E-state index contributed by atoms with van der Waals surface area (Å²) in [6, 6.07) is 0. The van der Waals surface area contributed by atoms with E-state index in [4.69, 9.17) is 9.84 Å². The van der Waals surface area contributed by atoms with Crippen LogP contribution in [-0.2, 0) is 19.1 Å². The Morgan fingerprint density at radius 1 is 0.565 bits per heavy atom. The fourth-order valence-corrected chi connectivity index (χ4v) is 5.71. The Labute approximate surface area is 284 Å². The van der Waals surface area contributed by atoms with E-state index in [9.17, 15) is 14.4 Å². The molecule has 0 aliphatic carbocycles. The van der Waals surface area contributed by atoms with Crippen molar-refractivity contribution in [1.82, 2.24) is 5.32 Å². The fraction of sp³-hybridized carbons (Fsp3) is 0.825. The Balaban J connectivity index is 4.17. The van der Waals surface area contributed by atoms with E-state index in [2.05, 4.69) is 43.5 Å². The first kappa shape index (κ1) is 43.9. The van der Waals surface area contributed by atoms with Crippen molar-refractivity contribution >= 4 is 17.8 Å². The van der Waals surface area contributed by atoms with E-state index < -0.39 is 5.97 Å². The third kappa shape index (κ3) is 34.8. The third-order valence-electron chi connectivity index (χ3n) is 8.63. The average Bonchev–Trinajstić information content (AvgIpc) is 3.04. The monoisotopic (exact) mass is 648 g/mol. The smallest absolute Gasteiger partial charge is 0.322 e. The van der Waals surface area contributed by atoms with Gasteiger partial charge in [0.1, 0.15) is 12.6 Å². The highest BCUT2D eigenvalue weighted by Gasteiger charge is 2.14. The van der Waals surface area contributed by atoms with Crippen LogP contribution in [0.15, 0.2) is 24.3 Å². The topological polar surface area (TPSA) is 92.7 Å². The lowest BCUT2D eigenvalue weighted by molar-refractivity contribution is -0.150. The van der Waals surface area contributed by atoms with E-state index in [1.165, 1.54) is 96.3 Å². The standard InChI is InChI=1S/C40H73NO5/c1-3-5-7-9-11-13-15-16-17-18-20-22-27-31-35-40(45)46-37(32-28-24-21-19-14-12-10-8-6-4-2)33-29-25-23-26-30-34-38(42)41-36-39(43)44/h9,11,15-16,37H,3-8,10,12-14,17-36H2,1-2H3,(H,41,42)(H,43,44)/b11-9-,16-15-. The van der Waals surface area contributed by atoms with Crippen LogP contribution in [0, 0.1) is 0 Å². The number of rotatable bonds is 35. The summed E-state index contributed by atoms with van der Waals surface area (Å²) >= 11 is 0. The van der Waals surface area contributed by atoms with Crippen molar-refractivity contribution in [1.29, 1.82) is 0 Å². The molecule has 6 nitrogen and oxygen atoms in total. The summed E-state index contributed by atoms with van der Waals surface area (Å²) in [6.07, 6.45) is 41.5. The minimum Gasteiger partial charge on any atom is -0.480 e. The number of esters is 1. The van der Waals surface area contributed by atoms with Gasteiger partial charge in [-0.1, -0.05) is 147 Å². The number of carboxylic acid groups (broad SMARTS) is 1. The van der Waals surface area contributed by atoms with Crippen LogP contribution in [0.4, 0.5) is 0 Å². The van der Waals surface area contributed by atoms with E-state index in [0.29, 0.717) is 12.8 Å². The molecule has 0 spiro atoms. The third-order valence-corrected chi connectivity index (χ3v) is 8.63. The van der Waals surface area contributed by atoms with Crippen molar-refractivity contribution in [3.63, 3.8) is 0 Å². The minimum absolute atomic E-state index is 0.0246. The van der Waals surface area contributed by atoms with Crippen LogP contribution in [0.5, 0.6) is 0 Å². The van der Waals surface area contributed by atoms with Gasteiger partial charge < -0.3 is 15.2 Å². The number of aliphatic carboxylic acids is 1. The molecule has 0 saturated heterocycles. The van der Waals surface area contributed by atoms with E-state index >= 15 is 0 Å². The highest BCUT2D eigenvalue weighted by molar-refractivity contribution is 5.80. The number of allylic oxidation sites excluding steroid dienone is 4. The Kier molecular flexibility index (Phi) is 34.1. The summed E-state index contributed by atoms with van der Waals surface area (Å²) < 4.78 is 6.00. The molecule has 0 aliphatic heterocycles. The van der Waals surface area contributed by atoms with Crippen molar-refractivity contribution < 1.29 is 24.2 Å². The van der Waals surface area contributed by atoms with Crippen molar-refractivity contribution in [2.45, 2.75) is 206 Å². The maximum Gasteiger partial charge on any atom is 0.322 e. The maximum absolute atomic E-state index is 12.7. The molecule has 2 N–H and O–H groups in total. The minimum atomic E-state index is -1.02. The van der Waals surface area contributed by atoms with E-state index in [1.807, 2.05) is 0 Å². The normalized spacial score (nSPS) is 12.2. The van der Waals surface area contributed by atoms with Gasteiger partial charge in [-0.25, -0.2) is 0 Å². The number of carbonyl (C=O) groups is 3. The highest BCUT2D eigenvalue weighted by atomic mass is 16.5. The number of ether oxygens (including phenoxy) is 1. The summed E-state index contributed by atoms with van der Waals surface area (Å²) in [5.41, 5.74) is 0. The van der Waals surface area contributed by atoms with Crippen molar-refractivity contribution in [3.05, 3.63) is 24.3 Å². The van der Waals surface area contributed by atoms with E-state index in [1.54, 1.807) is 0 Å². The molecule has 0 heterocycles. The van der Waals surface area contributed by atoms with Crippen LogP contribution < -0.4 is 5.32 Å². The number of nitrogens with one attached hydrogen (secondary N) is 1. The Hall–Kier alpha value is -2.11. The largest absolute Gasteiger partial charge is 0.480 e. The first-order valence-electron chi connectivity index (χ1n) is 19.5. The molecule has 0 aromatic heterocycles. The van der Waals surface area contributed by atoms with Gasteiger partial charge in [0, 0.05) is 12.8 Å². The molecule has 268 valence electrons. The van der Waals surface area contributed by atoms with Crippen LogP contribution in [0.3, 0.4) is 0 Å². The first-order chi connectivity index (χ1) is 22.5. The molecular formula is C40H73NO5. The van der Waals surface area contributed by atoms with Crippen LogP contribution in [0.25, 0.3) is 0 Å². The summed E-state index contributed by atoms with van der Waals surface area (Å²) in [6.45, 7) is 4.18. The molecule has 1 unspecified atom stereocenters. The summed E-state index contributed by atoms with van der Waals surface area (Å²) in [4.78, 5) is 34.9. The quantitative estimate of drug-likeness (QED) is 0.0405. The Bertz CT molecular complexity index is 763. The molecule has 0 aliphatic rings. The number of amides is 1. The fourth-order valence-electron chi connectivity index (χ4n) is 5.71. The van der Waals surface area contributed by atoms with Gasteiger partial charge in [0.05, 0.1) is 0 Å². The first-order valence-corrected chi connectivity index (χ1v) is 19.5. The molecule has 0 aromatic carbocycles. The van der Waals surface area contributed by atoms with Crippen LogP contribution in [0.2, 0.25) is 0 Å². The van der Waals surface area contributed by atoms with Gasteiger partial charge in [0.15, 0.2) is 0 Å². The average molecular weight is 648 g/mol. The molecule has 0 rings (SSSR count). The second-order valence-electron chi connectivity index (χ2n) is 13.2. The Morgan fingerprint density at radius 3 is 1.57 bits per heavy atom. The zero-order chi connectivity index (χ0) is 33.8. The zero-order valence-electron chi connectivity index (χ0n) is 30.2. The van der Waals surface area contributed by atoms with Gasteiger partial charge in [-0.2, -0.15) is 0 Å². The molecule has 46 heavy (non-hydrogen) atoms. The maximum atomic E-state index is 12.7. The predicted molar refractivity (Wildman–Crippen MR) is 194 cm³/mol. The van der Waals surface area contributed by atoms with Gasteiger partial charge in [-0.05, 0) is 64.2 Å². The lowest BCUT2D eigenvalue weighted by Gasteiger charge is -2.18. The molecule has 0 radical (unpaired) electrons. The van der Waals surface area contributed by atoms with Gasteiger partial charge in [-0.15, -0.1) is 0 Å². The van der Waals surface area contributed by atoms with E-state index in [-0.39, 0.29) is 24.5 Å². The van der Waals surface area contributed by atoms with Crippen LogP contribution >= 0.6 is 0 Å². The molecule has 0 fully saturated rings. The summed E-state index contributed by atoms with van der Waals surface area (Å²) in [7, 11) is 0. The number of hydrogen-bond donors (Lipinski definition) is 2. The molecule has 0 saturated carbocycles. The number of carboxylic acids is 1. The summed E-state index contributed by atoms with van der Waals surface area (Å²) in [5, 5.41) is 11.1. The van der Waals surface area contributed by atoms with Gasteiger partial charge in [0.2, 0.25) is 5.91 Å². The molecule has 6 heteroatoms. The van der Waals surface area contributed by atoms with E-state index in [0.717, 1.165) is 77.0 Å². The second-order valence-corrected chi connectivity index (χ2v) is 13.2.